The maximum Gasteiger partial charge on any atom is 0.165 e. The fraction of sp³-hybridized carbons (Fsp3) is 0.533. The number of Topliss-reactive ketones (excluding diaryl/α,β-unsaturated/α-hetero) is 1. The van der Waals surface area contributed by atoms with E-state index in [4.69, 9.17) is 4.74 Å². The molecule has 98 valence electrons. The summed E-state index contributed by atoms with van der Waals surface area (Å²) >= 11 is 0. The SMILES string of the molecule is COCCCCN1CCCC(=O)c2ccccc21. The molecule has 3 nitrogen and oxygen atoms in total. The van der Waals surface area contributed by atoms with E-state index in [9.17, 15) is 4.79 Å². The maximum absolute atomic E-state index is 12.0. The van der Waals surface area contributed by atoms with Crippen molar-refractivity contribution < 1.29 is 9.53 Å². The van der Waals surface area contributed by atoms with E-state index in [0.717, 1.165) is 50.2 Å². The first-order valence-corrected chi connectivity index (χ1v) is 6.69. The lowest BCUT2D eigenvalue weighted by Gasteiger charge is -2.24. The minimum absolute atomic E-state index is 0.282. The van der Waals surface area contributed by atoms with Gasteiger partial charge in [0.15, 0.2) is 5.78 Å². The number of ketones is 1. The Morgan fingerprint density at radius 1 is 1.28 bits per heavy atom. The molecule has 1 aromatic carbocycles. The van der Waals surface area contributed by atoms with Gasteiger partial charge in [0.25, 0.3) is 0 Å². The van der Waals surface area contributed by atoms with Crippen LogP contribution < -0.4 is 4.90 Å². The first-order valence-electron chi connectivity index (χ1n) is 6.69. The van der Waals surface area contributed by atoms with Crippen LogP contribution in [-0.2, 0) is 4.74 Å². The van der Waals surface area contributed by atoms with Crippen LogP contribution >= 0.6 is 0 Å². The summed E-state index contributed by atoms with van der Waals surface area (Å²) in [7, 11) is 1.74. The highest BCUT2D eigenvalue weighted by molar-refractivity contribution is 6.01. The van der Waals surface area contributed by atoms with E-state index in [0.29, 0.717) is 6.42 Å². The van der Waals surface area contributed by atoms with Crippen LogP contribution in [-0.4, -0.2) is 32.6 Å². The van der Waals surface area contributed by atoms with Crippen molar-refractivity contribution in [3.63, 3.8) is 0 Å². The third-order valence-corrected chi connectivity index (χ3v) is 3.40. The number of para-hydroxylation sites is 1. The quantitative estimate of drug-likeness (QED) is 0.749. The number of carbonyl (C=O) groups excluding carboxylic acids is 1. The Hall–Kier alpha value is -1.35. The lowest BCUT2D eigenvalue weighted by atomic mass is 10.1. The molecule has 1 aliphatic heterocycles. The van der Waals surface area contributed by atoms with E-state index in [1.165, 1.54) is 0 Å². The van der Waals surface area contributed by atoms with E-state index >= 15 is 0 Å². The highest BCUT2D eigenvalue weighted by atomic mass is 16.5. The van der Waals surface area contributed by atoms with Crippen LogP contribution in [0.1, 0.15) is 36.0 Å². The summed E-state index contributed by atoms with van der Waals surface area (Å²) in [5, 5.41) is 0. The Morgan fingerprint density at radius 3 is 2.94 bits per heavy atom. The second-order valence-corrected chi connectivity index (χ2v) is 4.73. The van der Waals surface area contributed by atoms with Gasteiger partial charge in [0.2, 0.25) is 0 Å². The van der Waals surface area contributed by atoms with E-state index in [-0.39, 0.29) is 5.78 Å². The van der Waals surface area contributed by atoms with Crippen molar-refractivity contribution in [3.05, 3.63) is 29.8 Å². The van der Waals surface area contributed by atoms with Gasteiger partial charge in [0.1, 0.15) is 0 Å². The molecule has 1 aliphatic rings. The fourth-order valence-corrected chi connectivity index (χ4v) is 2.45. The van der Waals surface area contributed by atoms with Gasteiger partial charge in [0, 0.05) is 44.5 Å². The van der Waals surface area contributed by atoms with Crippen LogP contribution in [0.2, 0.25) is 0 Å². The molecule has 0 aromatic heterocycles. The molecule has 18 heavy (non-hydrogen) atoms. The van der Waals surface area contributed by atoms with Crippen molar-refractivity contribution >= 4 is 11.5 Å². The summed E-state index contributed by atoms with van der Waals surface area (Å²) in [6.45, 7) is 2.80. The zero-order valence-corrected chi connectivity index (χ0v) is 11.0. The van der Waals surface area contributed by atoms with Gasteiger partial charge >= 0.3 is 0 Å². The smallest absolute Gasteiger partial charge is 0.165 e. The van der Waals surface area contributed by atoms with Gasteiger partial charge in [-0.05, 0) is 31.4 Å². The third-order valence-electron chi connectivity index (χ3n) is 3.40. The number of nitrogens with zero attached hydrogens (tertiary/aromatic N) is 1. The minimum atomic E-state index is 0.282. The Balaban J connectivity index is 2.06. The molecule has 0 fully saturated rings. The van der Waals surface area contributed by atoms with Gasteiger partial charge in [-0.25, -0.2) is 0 Å². The molecular formula is C15H21NO2. The van der Waals surface area contributed by atoms with Gasteiger partial charge < -0.3 is 9.64 Å². The number of unbranched alkanes of at least 4 members (excludes halogenated alkanes) is 1. The normalized spacial score (nSPS) is 15.4. The predicted octanol–water partition coefficient (Wildman–Crippen LogP) is 2.90. The molecule has 0 radical (unpaired) electrons. The number of benzene rings is 1. The molecule has 2 rings (SSSR count). The summed E-state index contributed by atoms with van der Waals surface area (Å²) in [5.41, 5.74) is 2.00. The molecule has 0 atom stereocenters. The Labute approximate surface area is 109 Å². The van der Waals surface area contributed by atoms with Crippen LogP contribution in [0.4, 0.5) is 5.69 Å². The van der Waals surface area contributed by atoms with Gasteiger partial charge in [-0.2, -0.15) is 0 Å². The number of anilines is 1. The van der Waals surface area contributed by atoms with E-state index in [1.54, 1.807) is 7.11 Å². The van der Waals surface area contributed by atoms with Crippen molar-refractivity contribution in [2.45, 2.75) is 25.7 Å². The lowest BCUT2D eigenvalue weighted by Crippen LogP contribution is -2.25. The second-order valence-electron chi connectivity index (χ2n) is 4.73. The highest BCUT2D eigenvalue weighted by Crippen LogP contribution is 2.26. The zero-order chi connectivity index (χ0) is 12.8. The molecule has 0 aliphatic carbocycles. The number of carbonyl (C=O) groups is 1. The Bertz CT molecular complexity index is 403. The van der Waals surface area contributed by atoms with Gasteiger partial charge in [-0.1, -0.05) is 12.1 Å². The summed E-state index contributed by atoms with van der Waals surface area (Å²) in [5.74, 6) is 0.282. The van der Waals surface area contributed by atoms with Crippen molar-refractivity contribution in [2.75, 3.05) is 31.7 Å². The Morgan fingerprint density at radius 2 is 2.11 bits per heavy atom. The highest BCUT2D eigenvalue weighted by Gasteiger charge is 2.19. The standard InChI is InChI=1S/C15H21NO2/c1-18-12-5-4-10-16-11-6-9-15(17)13-7-2-3-8-14(13)16/h2-3,7-8H,4-6,9-12H2,1H3. The molecule has 3 heteroatoms. The summed E-state index contributed by atoms with van der Waals surface area (Å²) < 4.78 is 5.07. The van der Waals surface area contributed by atoms with Crippen LogP contribution in [0.5, 0.6) is 0 Å². The van der Waals surface area contributed by atoms with Gasteiger partial charge in [0.05, 0.1) is 0 Å². The number of ether oxygens (including phenoxy) is 1. The van der Waals surface area contributed by atoms with Crippen LogP contribution in [0.3, 0.4) is 0 Å². The van der Waals surface area contributed by atoms with Crippen molar-refractivity contribution in [2.24, 2.45) is 0 Å². The number of hydrogen-bond acceptors (Lipinski definition) is 3. The molecular weight excluding hydrogens is 226 g/mol. The summed E-state index contributed by atoms with van der Waals surface area (Å²) in [4.78, 5) is 14.3. The second kappa shape index (κ2) is 6.55. The number of rotatable bonds is 5. The molecule has 0 saturated heterocycles. The number of fused-ring (bicyclic) bond motifs is 1. The van der Waals surface area contributed by atoms with Gasteiger partial charge in [-0.15, -0.1) is 0 Å². The largest absolute Gasteiger partial charge is 0.385 e. The first-order chi connectivity index (χ1) is 8.83. The number of methoxy groups -OCH3 is 1. The van der Waals surface area contributed by atoms with Crippen molar-refractivity contribution in [1.29, 1.82) is 0 Å². The molecule has 0 amide bonds. The maximum atomic E-state index is 12.0. The molecule has 1 heterocycles. The summed E-state index contributed by atoms with van der Waals surface area (Å²) in [6, 6.07) is 7.98. The monoisotopic (exact) mass is 247 g/mol. The molecule has 0 bridgehead atoms. The van der Waals surface area contributed by atoms with Gasteiger partial charge in [-0.3, -0.25) is 4.79 Å². The minimum Gasteiger partial charge on any atom is -0.385 e. The van der Waals surface area contributed by atoms with Crippen LogP contribution in [0.15, 0.2) is 24.3 Å². The molecule has 1 aromatic rings. The molecule has 0 N–H and O–H groups in total. The molecule has 0 unspecified atom stereocenters. The van der Waals surface area contributed by atoms with Crippen molar-refractivity contribution in [3.8, 4) is 0 Å². The third kappa shape index (κ3) is 3.10. The van der Waals surface area contributed by atoms with E-state index in [1.807, 2.05) is 18.2 Å². The first kappa shape index (κ1) is 13.1. The van der Waals surface area contributed by atoms with E-state index < -0.39 is 0 Å². The average molecular weight is 247 g/mol. The fourth-order valence-electron chi connectivity index (χ4n) is 2.45. The topological polar surface area (TPSA) is 29.5 Å². The Kier molecular flexibility index (Phi) is 4.76. The van der Waals surface area contributed by atoms with Crippen molar-refractivity contribution in [1.82, 2.24) is 0 Å². The molecule has 0 saturated carbocycles. The zero-order valence-electron chi connectivity index (χ0n) is 11.0. The molecule has 0 spiro atoms. The van der Waals surface area contributed by atoms with E-state index in [2.05, 4.69) is 11.0 Å². The lowest BCUT2D eigenvalue weighted by molar-refractivity contribution is 0.0984. The summed E-state index contributed by atoms with van der Waals surface area (Å²) in [6.07, 6.45) is 3.81. The average Bonchev–Trinajstić information content (AvgIpc) is 2.56. The van der Waals surface area contributed by atoms with Crippen LogP contribution in [0.25, 0.3) is 0 Å². The predicted molar refractivity (Wildman–Crippen MR) is 73.3 cm³/mol. The van der Waals surface area contributed by atoms with Crippen LogP contribution in [0, 0.1) is 0 Å². The number of hydrogen-bond donors (Lipinski definition) is 0.